The van der Waals surface area contributed by atoms with Crippen molar-refractivity contribution in [1.29, 1.82) is 0 Å². The summed E-state index contributed by atoms with van der Waals surface area (Å²) in [6.45, 7) is -0.0914. The smallest absolute Gasteiger partial charge is 0.292 e. The molecule has 0 unspecified atom stereocenters. The Balaban J connectivity index is 1.78. The molecule has 144 valence electrons. The molecule has 1 aliphatic carbocycles. The highest BCUT2D eigenvalue weighted by Crippen LogP contribution is 2.35. The SMILES string of the molecule is O=C(Cn1c(=O)n(-c2ccccc2)c(=O)c2c3c(sc21)CCC3)c1ccccc1. The summed E-state index contributed by atoms with van der Waals surface area (Å²) in [6, 6.07) is 17.8. The first-order valence-corrected chi connectivity index (χ1v) is 10.4. The minimum atomic E-state index is -0.474. The van der Waals surface area contributed by atoms with E-state index in [4.69, 9.17) is 0 Å². The van der Waals surface area contributed by atoms with Crippen molar-refractivity contribution in [3.8, 4) is 5.69 Å². The van der Waals surface area contributed by atoms with Gasteiger partial charge in [-0.2, -0.15) is 0 Å². The normalized spacial score (nSPS) is 13.0. The zero-order valence-corrected chi connectivity index (χ0v) is 16.4. The molecule has 2 aromatic carbocycles. The molecule has 5 nitrogen and oxygen atoms in total. The summed E-state index contributed by atoms with van der Waals surface area (Å²) in [6.07, 6.45) is 2.77. The molecule has 0 amide bonds. The molecule has 0 atom stereocenters. The van der Waals surface area contributed by atoms with E-state index < -0.39 is 5.69 Å². The lowest BCUT2D eigenvalue weighted by Crippen LogP contribution is -2.39. The Morgan fingerprint density at radius 2 is 1.62 bits per heavy atom. The summed E-state index contributed by atoms with van der Waals surface area (Å²) in [4.78, 5) is 41.4. The second kappa shape index (κ2) is 6.97. The zero-order valence-electron chi connectivity index (χ0n) is 15.6. The van der Waals surface area contributed by atoms with Gasteiger partial charge in [-0.1, -0.05) is 48.5 Å². The zero-order chi connectivity index (χ0) is 20.0. The Kier molecular flexibility index (Phi) is 4.28. The van der Waals surface area contributed by atoms with E-state index in [1.165, 1.54) is 20.5 Å². The fourth-order valence-corrected chi connectivity index (χ4v) is 5.38. The first-order valence-electron chi connectivity index (χ1n) is 9.59. The molecule has 0 radical (unpaired) electrons. The van der Waals surface area contributed by atoms with Gasteiger partial charge in [0.05, 0.1) is 17.6 Å². The summed E-state index contributed by atoms with van der Waals surface area (Å²) < 4.78 is 2.67. The summed E-state index contributed by atoms with van der Waals surface area (Å²) in [5.74, 6) is -0.152. The van der Waals surface area contributed by atoms with E-state index in [9.17, 15) is 14.4 Å². The molecular formula is C23H18N2O3S. The van der Waals surface area contributed by atoms with Gasteiger partial charge in [-0.15, -0.1) is 11.3 Å². The van der Waals surface area contributed by atoms with E-state index in [-0.39, 0.29) is 17.9 Å². The third kappa shape index (κ3) is 2.87. The van der Waals surface area contributed by atoms with Crippen molar-refractivity contribution >= 4 is 27.3 Å². The third-order valence-corrected chi connectivity index (χ3v) is 6.71. The van der Waals surface area contributed by atoms with Crippen LogP contribution in [0.3, 0.4) is 0 Å². The fourth-order valence-electron chi connectivity index (χ4n) is 4.01. The number of nitrogens with zero attached hydrogens (tertiary/aromatic N) is 2. The molecule has 4 aromatic rings. The van der Waals surface area contributed by atoms with Crippen LogP contribution in [0.4, 0.5) is 0 Å². The first-order chi connectivity index (χ1) is 14.1. The fraction of sp³-hybridized carbons (Fsp3) is 0.174. The molecule has 29 heavy (non-hydrogen) atoms. The highest BCUT2D eigenvalue weighted by molar-refractivity contribution is 7.19. The van der Waals surface area contributed by atoms with Crippen LogP contribution in [0, 0.1) is 0 Å². The Morgan fingerprint density at radius 1 is 0.931 bits per heavy atom. The van der Waals surface area contributed by atoms with Crippen molar-refractivity contribution < 1.29 is 4.79 Å². The van der Waals surface area contributed by atoms with Crippen molar-refractivity contribution in [2.75, 3.05) is 0 Å². The van der Waals surface area contributed by atoms with Gasteiger partial charge in [-0.3, -0.25) is 14.2 Å². The van der Waals surface area contributed by atoms with Gasteiger partial charge in [0.2, 0.25) is 0 Å². The molecule has 0 saturated heterocycles. The lowest BCUT2D eigenvalue weighted by molar-refractivity contribution is 0.0972. The molecule has 0 aliphatic heterocycles. The molecule has 0 spiro atoms. The standard InChI is InChI=1S/C23H18N2O3S/c26-18(15-8-3-1-4-9-15)14-24-22-20(17-12-7-13-19(17)29-22)21(27)25(23(24)28)16-10-5-2-6-11-16/h1-6,8-11H,7,12-14H2. The van der Waals surface area contributed by atoms with Crippen molar-refractivity contribution in [3.05, 3.63) is 97.5 Å². The molecule has 0 saturated carbocycles. The van der Waals surface area contributed by atoms with Crippen LogP contribution in [0.25, 0.3) is 15.9 Å². The van der Waals surface area contributed by atoms with Crippen LogP contribution in [-0.2, 0) is 19.4 Å². The number of hydrogen-bond donors (Lipinski definition) is 0. The maximum absolute atomic E-state index is 13.4. The van der Waals surface area contributed by atoms with Gasteiger partial charge in [-0.05, 0) is 37.0 Å². The van der Waals surface area contributed by atoms with Crippen molar-refractivity contribution in [3.63, 3.8) is 0 Å². The average Bonchev–Trinajstić information content (AvgIpc) is 3.34. The van der Waals surface area contributed by atoms with Gasteiger partial charge >= 0.3 is 5.69 Å². The number of ketones is 1. The van der Waals surface area contributed by atoms with E-state index in [0.717, 1.165) is 29.7 Å². The van der Waals surface area contributed by atoms with Crippen LogP contribution in [0.5, 0.6) is 0 Å². The number of aromatic nitrogens is 2. The Hall–Kier alpha value is -3.25. The monoisotopic (exact) mass is 402 g/mol. The van der Waals surface area contributed by atoms with Gasteiger partial charge in [0.25, 0.3) is 5.56 Å². The van der Waals surface area contributed by atoms with Gasteiger partial charge in [-0.25, -0.2) is 9.36 Å². The Labute approximate surface area is 170 Å². The molecular weight excluding hydrogens is 384 g/mol. The molecule has 0 N–H and O–H groups in total. The van der Waals surface area contributed by atoms with E-state index in [1.54, 1.807) is 48.5 Å². The topological polar surface area (TPSA) is 61.1 Å². The van der Waals surface area contributed by atoms with E-state index in [1.807, 2.05) is 12.1 Å². The van der Waals surface area contributed by atoms with Crippen LogP contribution in [-0.4, -0.2) is 14.9 Å². The number of thiophene rings is 1. The van der Waals surface area contributed by atoms with Gasteiger partial charge < -0.3 is 0 Å². The summed E-state index contributed by atoms with van der Waals surface area (Å²) in [7, 11) is 0. The number of hydrogen-bond acceptors (Lipinski definition) is 4. The van der Waals surface area contributed by atoms with Crippen LogP contribution in [0.15, 0.2) is 70.3 Å². The van der Waals surface area contributed by atoms with Gasteiger partial charge in [0.1, 0.15) is 4.83 Å². The lowest BCUT2D eigenvalue weighted by atomic mass is 10.1. The summed E-state index contributed by atoms with van der Waals surface area (Å²) in [5.41, 5.74) is 1.34. The Bertz CT molecular complexity index is 1350. The highest BCUT2D eigenvalue weighted by atomic mass is 32.1. The largest absolute Gasteiger partial charge is 0.337 e. The van der Waals surface area contributed by atoms with E-state index >= 15 is 0 Å². The van der Waals surface area contributed by atoms with Crippen LogP contribution < -0.4 is 11.2 Å². The minimum Gasteiger partial charge on any atom is -0.292 e. The van der Waals surface area contributed by atoms with Crippen LogP contribution >= 0.6 is 11.3 Å². The molecule has 0 fully saturated rings. The van der Waals surface area contributed by atoms with Gasteiger partial charge in [0, 0.05) is 10.4 Å². The summed E-state index contributed by atoms with van der Waals surface area (Å²) >= 11 is 1.48. The van der Waals surface area contributed by atoms with Crippen molar-refractivity contribution in [2.45, 2.75) is 25.8 Å². The summed E-state index contributed by atoms with van der Waals surface area (Å²) in [5, 5.41) is 0.590. The van der Waals surface area contributed by atoms with Crippen molar-refractivity contribution in [1.82, 2.24) is 9.13 Å². The number of aryl methyl sites for hydroxylation is 2. The first kappa shape index (κ1) is 17.8. The number of carbonyl (C=O) groups is 1. The molecule has 0 bridgehead atoms. The van der Waals surface area contributed by atoms with Crippen LogP contribution in [0.1, 0.15) is 27.2 Å². The number of fused-ring (bicyclic) bond motifs is 3. The van der Waals surface area contributed by atoms with Gasteiger partial charge in [0.15, 0.2) is 5.78 Å². The lowest BCUT2D eigenvalue weighted by Gasteiger charge is -2.12. The van der Waals surface area contributed by atoms with Crippen molar-refractivity contribution in [2.24, 2.45) is 0 Å². The maximum atomic E-state index is 13.4. The molecule has 2 heterocycles. The number of benzene rings is 2. The maximum Gasteiger partial charge on any atom is 0.337 e. The predicted molar refractivity (Wildman–Crippen MR) is 114 cm³/mol. The van der Waals surface area contributed by atoms with E-state index in [2.05, 4.69) is 0 Å². The Morgan fingerprint density at radius 3 is 2.34 bits per heavy atom. The molecule has 1 aliphatic rings. The second-order valence-electron chi connectivity index (χ2n) is 7.17. The molecule has 6 heteroatoms. The minimum absolute atomic E-state index is 0.0914. The quantitative estimate of drug-likeness (QED) is 0.490. The number of para-hydroxylation sites is 1. The third-order valence-electron chi connectivity index (χ3n) is 5.40. The molecule has 5 rings (SSSR count). The highest BCUT2D eigenvalue weighted by Gasteiger charge is 2.25. The number of rotatable bonds is 4. The number of Topliss-reactive ketones (excluding diaryl/α,β-unsaturated/α-hetero) is 1. The number of carbonyl (C=O) groups excluding carboxylic acids is 1. The molecule has 2 aromatic heterocycles. The predicted octanol–water partition coefficient (Wildman–Crippen LogP) is 3.59. The van der Waals surface area contributed by atoms with E-state index in [0.29, 0.717) is 21.5 Å². The second-order valence-corrected chi connectivity index (χ2v) is 8.26. The van der Waals surface area contributed by atoms with Crippen LogP contribution in [0.2, 0.25) is 0 Å². The average molecular weight is 402 g/mol.